The average Bonchev–Trinajstić information content (AvgIpc) is 1.00. The third kappa shape index (κ3) is 53.4. The molecule has 0 aromatic carbocycles. The van der Waals surface area contributed by atoms with Crippen molar-refractivity contribution in [3.05, 3.63) is 0 Å². The summed E-state index contributed by atoms with van der Waals surface area (Å²) in [7, 11) is 1.00. The molecule has 0 aromatic rings. The van der Waals surface area contributed by atoms with Gasteiger partial charge in [0.25, 0.3) is 0 Å². The van der Waals surface area contributed by atoms with Gasteiger partial charge in [-0.25, -0.2) is 0 Å². The van der Waals surface area contributed by atoms with E-state index in [0.717, 1.165) is 7.11 Å². The molecule has 0 atom stereocenters. The third-order valence-corrected chi connectivity index (χ3v) is 0. The Balaban J connectivity index is -0.000000000500. The summed E-state index contributed by atoms with van der Waals surface area (Å²) >= 11 is 0. The molecule has 30 valence electrons. The van der Waals surface area contributed by atoms with Gasteiger partial charge in [-0.2, -0.15) is 0 Å². The predicted octanol–water partition coefficient (Wildman–Crippen LogP) is -9.73. The maximum Gasteiger partial charge on any atom is 1.00 e. The maximum atomic E-state index is 7.00. The van der Waals surface area contributed by atoms with E-state index in [1.165, 1.54) is 0 Å². The second-order valence-electron chi connectivity index (χ2n) is 0. The van der Waals surface area contributed by atoms with Gasteiger partial charge in [0.1, 0.15) is 0 Å². The molecule has 0 spiro atoms. The van der Waals surface area contributed by atoms with Crippen LogP contribution in [0.2, 0.25) is 0 Å². The smallest absolute Gasteiger partial charge is 0.870 e. The average molecular weight is 119 g/mol. The molecule has 0 heterocycles. The maximum absolute atomic E-state index is 7.00. The summed E-state index contributed by atoms with van der Waals surface area (Å²) in [6.07, 6.45) is 0. The number of aliphatic hydroxyl groups is 1. The molecule has 3 N–H and O–H groups in total. The first-order valence-electron chi connectivity index (χ1n) is 0.447. The molecule has 0 radical (unpaired) electrons. The van der Waals surface area contributed by atoms with Gasteiger partial charge in [-0.3, -0.25) is 0 Å². The Morgan fingerprint density at radius 1 is 0.857 bits per heavy atom. The Morgan fingerprint density at radius 3 is 0.857 bits per heavy atom. The first kappa shape index (κ1) is 53.5. The van der Waals surface area contributed by atoms with Crippen LogP contribution in [0.25, 0.3) is 0 Å². The van der Waals surface area contributed by atoms with Crippen molar-refractivity contribution in [2.45, 2.75) is 0 Å². The van der Waals surface area contributed by atoms with Gasteiger partial charge in [-0.15, -0.1) is 0 Å². The molecule has 0 aliphatic rings. The molecular formula is CH6KLi2O3+. The standard InChI is InChI=1S/CH4O.K.2Li.2H2O/c1-2;;;;;/h2H,1H3;;;;2*1H2/q;3*+1;;/p-2. The van der Waals surface area contributed by atoms with Gasteiger partial charge in [0.2, 0.25) is 0 Å². The minimum Gasteiger partial charge on any atom is -0.870 e. The van der Waals surface area contributed by atoms with Crippen LogP contribution in [0, 0.1) is 0 Å². The minimum atomic E-state index is 0. The Morgan fingerprint density at radius 2 is 0.857 bits per heavy atom. The quantitative estimate of drug-likeness (QED) is 0.321. The molecule has 0 aromatic heterocycles. The molecule has 0 rings (SSSR count). The van der Waals surface area contributed by atoms with Crippen LogP contribution >= 0.6 is 0 Å². The molecule has 0 unspecified atom stereocenters. The topological polar surface area (TPSA) is 80.2 Å². The number of hydrogen-bond donors (Lipinski definition) is 1. The zero-order valence-electron chi connectivity index (χ0n) is 5.34. The first-order chi connectivity index (χ1) is 1.00. The Labute approximate surface area is 110 Å². The van der Waals surface area contributed by atoms with Crippen LogP contribution in [0.5, 0.6) is 0 Å². The van der Waals surface area contributed by atoms with Gasteiger partial charge in [-0.05, 0) is 0 Å². The second-order valence-corrected chi connectivity index (χ2v) is 0. The van der Waals surface area contributed by atoms with Gasteiger partial charge in [0.05, 0.1) is 0 Å². The summed E-state index contributed by atoms with van der Waals surface area (Å²) in [5, 5.41) is 7.00. The Hall–Kier alpha value is 2.71. The molecule has 0 saturated heterocycles. The molecule has 0 aliphatic carbocycles. The van der Waals surface area contributed by atoms with Crippen molar-refractivity contribution in [2.75, 3.05) is 7.11 Å². The van der Waals surface area contributed by atoms with E-state index in [-0.39, 0.29) is 100 Å². The molecule has 0 bridgehead atoms. The van der Waals surface area contributed by atoms with E-state index in [2.05, 4.69) is 0 Å². The summed E-state index contributed by atoms with van der Waals surface area (Å²) in [6, 6.07) is 0. The monoisotopic (exact) mass is 119 g/mol. The molecule has 0 amide bonds. The minimum absolute atomic E-state index is 0. The van der Waals surface area contributed by atoms with Gasteiger partial charge in [0, 0.05) is 7.11 Å². The first-order valence-corrected chi connectivity index (χ1v) is 0.447. The van der Waals surface area contributed by atoms with E-state index in [9.17, 15) is 0 Å². The van der Waals surface area contributed by atoms with Crippen molar-refractivity contribution < 1.29 is 105 Å². The van der Waals surface area contributed by atoms with Crippen molar-refractivity contribution >= 4 is 0 Å². The zero-order chi connectivity index (χ0) is 2.00. The predicted molar refractivity (Wildman–Crippen MR) is 12.0 cm³/mol. The molecule has 3 nitrogen and oxygen atoms in total. The number of aliphatic hydroxyl groups excluding tert-OH is 1. The van der Waals surface area contributed by atoms with Gasteiger partial charge < -0.3 is 16.1 Å². The van der Waals surface area contributed by atoms with E-state index in [0.29, 0.717) is 0 Å². The van der Waals surface area contributed by atoms with Crippen LogP contribution in [-0.2, 0) is 0 Å². The third-order valence-electron chi connectivity index (χ3n) is 0. The zero-order valence-corrected chi connectivity index (χ0v) is 8.46. The van der Waals surface area contributed by atoms with Crippen LogP contribution in [-0.4, -0.2) is 23.2 Å². The summed E-state index contributed by atoms with van der Waals surface area (Å²) in [5.41, 5.74) is 0. The summed E-state index contributed by atoms with van der Waals surface area (Å²) in [6.45, 7) is 0. The van der Waals surface area contributed by atoms with E-state index in [1.54, 1.807) is 0 Å². The largest absolute Gasteiger partial charge is 1.00 e. The fraction of sp³-hybridized carbons (Fsp3) is 1.00. The van der Waals surface area contributed by atoms with E-state index in [1.807, 2.05) is 0 Å². The van der Waals surface area contributed by atoms with Crippen LogP contribution in [0.15, 0.2) is 0 Å². The summed E-state index contributed by atoms with van der Waals surface area (Å²) < 4.78 is 0. The molecule has 0 fully saturated rings. The van der Waals surface area contributed by atoms with E-state index >= 15 is 0 Å². The van der Waals surface area contributed by atoms with Crippen molar-refractivity contribution in [1.82, 2.24) is 0 Å². The van der Waals surface area contributed by atoms with Crippen LogP contribution in [0.1, 0.15) is 0 Å². The van der Waals surface area contributed by atoms with Crippen molar-refractivity contribution in [3.63, 3.8) is 0 Å². The van der Waals surface area contributed by atoms with E-state index < -0.39 is 0 Å². The normalized spacial score (nSPS) is 0.857. The van der Waals surface area contributed by atoms with Gasteiger partial charge >= 0.3 is 89.1 Å². The molecule has 0 saturated carbocycles. The van der Waals surface area contributed by atoms with Crippen molar-refractivity contribution in [2.24, 2.45) is 0 Å². The van der Waals surface area contributed by atoms with Gasteiger partial charge in [0.15, 0.2) is 0 Å². The van der Waals surface area contributed by atoms with E-state index in [4.69, 9.17) is 5.11 Å². The number of hydrogen-bond acceptors (Lipinski definition) is 3. The SMILES string of the molecule is CO.[K+].[Li+].[Li+].[OH-].[OH-]. The fourth-order valence-electron chi connectivity index (χ4n) is 0. The summed E-state index contributed by atoms with van der Waals surface area (Å²) in [4.78, 5) is 0. The molecule has 6 heteroatoms. The van der Waals surface area contributed by atoms with Crippen LogP contribution in [0.4, 0.5) is 0 Å². The Kier molecular flexibility index (Phi) is 539. The van der Waals surface area contributed by atoms with Gasteiger partial charge in [-0.1, -0.05) is 0 Å². The van der Waals surface area contributed by atoms with Crippen molar-refractivity contribution in [1.29, 1.82) is 0 Å². The van der Waals surface area contributed by atoms with Crippen LogP contribution in [0.3, 0.4) is 0 Å². The van der Waals surface area contributed by atoms with Crippen LogP contribution < -0.4 is 89.1 Å². The number of rotatable bonds is 0. The fourth-order valence-corrected chi connectivity index (χ4v) is 0. The summed E-state index contributed by atoms with van der Waals surface area (Å²) in [5.74, 6) is 0. The molecule has 7 heavy (non-hydrogen) atoms. The molecule has 0 aliphatic heterocycles. The Bertz CT molecular complexity index is 12.9. The van der Waals surface area contributed by atoms with Crippen molar-refractivity contribution in [3.8, 4) is 0 Å². The molecular weight excluding hydrogens is 113 g/mol. The second kappa shape index (κ2) is 70.5.